The standard InChI is InChI=1S/C14H21NO2/c1-11-5-4-6-12(13(11)17)9-15-14(10-16)7-2-3-8-14/h4-6,15-17H,2-3,7-10H2,1H3. The first-order valence-corrected chi connectivity index (χ1v) is 6.30. The van der Waals surface area contributed by atoms with Crippen LogP contribution in [0.1, 0.15) is 36.8 Å². The maximum atomic E-state index is 9.93. The van der Waals surface area contributed by atoms with Gasteiger partial charge in [0.25, 0.3) is 0 Å². The summed E-state index contributed by atoms with van der Waals surface area (Å²) in [6, 6.07) is 5.78. The zero-order chi connectivity index (χ0) is 12.3. The predicted octanol–water partition coefficient (Wildman–Crippen LogP) is 2.10. The molecule has 3 N–H and O–H groups in total. The lowest BCUT2D eigenvalue weighted by Crippen LogP contribution is -2.45. The number of rotatable bonds is 4. The minimum Gasteiger partial charge on any atom is -0.507 e. The molecule has 1 aromatic carbocycles. The molecule has 1 aliphatic carbocycles. The van der Waals surface area contributed by atoms with Gasteiger partial charge in [0, 0.05) is 17.6 Å². The molecule has 2 rings (SSSR count). The molecular formula is C14H21NO2. The van der Waals surface area contributed by atoms with Gasteiger partial charge in [-0.25, -0.2) is 0 Å². The van der Waals surface area contributed by atoms with Crippen LogP contribution in [0.25, 0.3) is 0 Å². The van der Waals surface area contributed by atoms with Crippen LogP contribution in [0.3, 0.4) is 0 Å². The summed E-state index contributed by atoms with van der Waals surface area (Å²) in [5, 5.41) is 22.8. The molecule has 0 aliphatic heterocycles. The van der Waals surface area contributed by atoms with Gasteiger partial charge in [-0.1, -0.05) is 31.0 Å². The molecular weight excluding hydrogens is 214 g/mol. The highest BCUT2D eigenvalue weighted by atomic mass is 16.3. The lowest BCUT2D eigenvalue weighted by molar-refractivity contribution is 0.162. The highest BCUT2D eigenvalue weighted by Crippen LogP contribution is 2.30. The van der Waals surface area contributed by atoms with E-state index in [4.69, 9.17) is 0 Å². The summed E-state index contributed by atoms with van der Waals surface area (Å²) < 4.78 is 0. The van der Waals surface area contributed by atoms with Crippen molar-refractivity contribution in [1.29, 1.82) is 0 Å². The molecule has 0 amide bonds. The fraction of sp³-hybridized carbons (Fsp3) is 0.571. The SMILES string of the molecule is Cc1cccc(CNC2(CO)CCCC2)c1O. The van der Waals surface area contributed by atoms with Crippen LogP contribution in [0.5, 0.6) is 5.75 Å². The number of aliphatic hydroxyl groups is 1. The van der Waals surface area contributed by atoms with Gasteiger partial charge in [-0.3, -0.25) is 0 Å². The van der Waals surface area contributed by atoms with E-state index in [1.807, 2.05) is 25.1 Å². The molecule has 0 atom stereocenters. The van der Waals surface area contributed by atoms with E-state index in [-0.39, 0.29) is 12.1 Å². The van der Waals surface area contributed by atoms with E-state index in [9.17, 15) is 10.2 Å². The van der Waals surface area contributed by atoms with Gasteiger partial charge in [0.2, 0.25) is 0 Å². The van der Waals surface area contributed by atoms with Crippen LogP contribution in [0.2, 0.25) is 0 Å². The van der Waals surface area contributed by atoms with Crippen molar-refractivity contribution < 1.29 is 10.2 Å². The lowest BCUT2D eigenvalue weighted by atomic mass is 9.98. The number of aromatic hydroxyl groups is 1. The zero-order valence-electron chi connectivity index (χ0n) is 10.4. The largest absolute Gasteiger partial charge is 0.507 e. The third-order valence-electron chi connectivity index (χ3n) is 3.84. The molecule has 1 aliphatic rings. The molecule has 0 bridgehead atoms. The first-order chi connectivity index (χ1) is 8.17. The second-order valence-corrected chi connectivity index (χ2v) is 5.08. The lowest BCUT2D eigenvalue weighted by Gasteiger charge is -2.28. The minimum absolute atomic E-state index is 0.129. The summed E-state index contributed by atoms with van der Waals surface area (Å²) in [7, 11) is 0. The van der Waals surface area contributed by atoms with E-state index in [2.05, 4.69) is 5.32 Å². The summed E-state index contributed by atoms with van der Waals surface area (Å²) in [6.45, 7) is 2.70. The van der Waals surface area contributed by atoms with E-state index in [0.717, 1.165) is 24.0 Å². The van der Waals surface area contributed by atoms with Gasteiger partial charge < -0.3 is 15.5 Å². The second-order valence-electron chi connectivity index (χ2n) is 5.08. The molecule has 94 valence electrons. The van der Waals surface area contributed by atoms with Crippen LogP contribution in [-0.2, 0) is 6.54 Å². The number of phenols is 1. The fourth-order valence-electron chi connectivity index (χ4n) is 2.59. The number of nitrogens with one attached hydrogen (secondary N) is 1. The maximum absolute atomic E-state index is 9.93. The summed E-state index contributed by atoms with van der Waals surface area (Å²) in [5.74, 6) is 0.367. The molecule has 0 heterocycles. The Morgan fingerprint density at radius 2 is 2.00 bits per heavy atom. The Labute approximate surface area is 102 Å². The topological polar surface area (TPSA) is 52.5 Å². The molecule has 17 heavy (non-hydrogen) atoms. The Bertz CT molecular complexity index is 384. The van der Waals surface area contributed by atoms with Crippen LogP contribution in [0, 0.1) is 6.92 Å². The van der Waals surface area contributed by atoms with Crippen molar-refractivity contribution in [3.63, 3.8) is 0 Å². The van der Waals surface area contributed by atoms with E-state index in [0.29, 0.717) is 12.3 Å². The van der Waals surface area contributed by atoms with Crippen molar-refractivity contribution >= 4 is 0 Å². The van der Waals surface area contributed by atoms with E-state index < -0.39 is 0 Å². The van der Waals surface area contributed by atoms with Gasteiger partial charge in [-0.05, 0) is 25.3 Å². The molecule has 1 fully saturated rings. The highest BCUT2D eigenvalue weighted by Gasteiger charge is 2.32. The van der Waals surface area contributed by atoms with Crippen molar-refractivity contribution in [3.8, 4) is 5.75 Å². The van der Waals surface area contributed by atoms with Gasteiger partial charge in [0.1, 0.15) is 5.75 Å². The quantitative estimate of drug-likeness (QED) is 0.749. The molecule has 1 saturated carbocycles. The van der Waals surface area contributed by atoms with Gasteiger partial charge in [-0.2, -0.15) is 0 Å². The zero-order valence-corrected chi connectivity index (χ0v) is 10.4. The number of benzene rings is 1. The number of phenolic OH excluding ortho intramolecular Hbond substituents is 1. The van der Waals surface area contributed by atoms with Crippen LogP contribution in [0.15, 0.2) is 18.2 Å². The number of hydrogen-bond donors (Lipinski definition) is 3. The van der Waals surface area contributed by atoms with Crippen molar-refractivity contribution in [3.05, 3.63) is 29.3 Å². The first-order valence-electron chi connectivity index (χ1n) is 6.30. The van der Waals surface area contributed by atoms with Crippen molar-refractivity contribution in [2.45, 2.75) is 44.7 Å². The molecule has 1 aromatic rings. The maximum Gasteiger partial charge on any atom is 0.122 e. The average molecular weight is 235 g/mol. The number of hydrogen-bond acceptors (Lipinski definition) is 3. The summed E-state index contributed by atoms with van der Waals surface area (Å²) >= 11 is 0. The highest BCUT2D eigenvalue weighted by molar-refractivity contribution is 5.39. The summed E-state index contributed by atoms with van der Waals surface area (Å²) in [4.78, 5) is 0. The van der Waals surface area contributed by atoms with Crippen LogP contribution in [-0.4, -0.2) is 22.4 Å². The van der Waals surface area contributed by atoms with Crippen molar-refractivity contribution in [2.24, 2.45) is 0 Å². The van der Waals surface area contributed by atoms with Gasteiger partial charge in [0.15, 0.2) is 0 Å². The van der Waals surface area contributed by atoms with Crippen LogP contribution < -0.4 is 5.32 Å². The van der Waals surface area contributed by atoms with Crippen molar-refractivity contribution in [1.82, 2.24) is 5.32 Å². The number of aliphatic hydroxyl groups excluding tert-OH is 1. The predicted molar refractivity (Wildman–Crippen MR) is 68.0 cm³/mol. The van der Waals surface area contributed by atoms with E-state index in [1.165, 1.54) is 12.8 Å². The average Bonchev–Trinajstić information content (AvgIpc) is 2.81. The minimum atomic E-state index is -0.129. The third kappa shape index (κ3) is 2.61. The second kappa shape index (κ2) is 5.07. The number of aryl methyl sites for hydroxylation is 1. The third-order valence-corrected chi connectivity index (χ3v) is 3.84. The Morgan fingerprint density at radius 1 is 1.29 bits per heavy atom. The summed E-state index contributed by atoms with van der Waals surface area (Å²) in [5.41, 5.74) is 1.68. The smallest absolute Gasteiger partial charge is 0.122 e. The Kier molecular flexibility index (Phi) is 3.69. The Hall–Kier alpha value is -1.06. The Morgan fingerprint density at radius 3 is 2.65 bits per heavy atom. The molecule has 0 spiro atoms. The van der Waals surface area contributed by atoms with Crippen molar-refractivity contribution in [2.75, 3.05) is 6.61 Å². The van der Waals surface area contributed by atoms with Gasteiger partial charge in [0.05, 0.1) is 6.61 Å². The molecule has 0 radical (unpaired) electrons. The molecule has 0 aromatic heterocycles. The van der Waals surface area contributed by atoms with Crippen LogP contribution in [0.4, 0.5) is 0 Å². The monoisotopic (exact) mass is 235 g/mol. The fourth-order valence-corrected chi connectivity index (χ4v) is 2.59. The van der Waals surface area contributed by atoms with Gasteiger partial charge >= 0.3 is 0 Å². The molecule has 3 nitrogen and oxygen atoms in total. The molecule has 3 heteroatoms. The van der Waals surface area contributed by atoms with Crippen LogP contribution >= 0.6 is 0 Å². The Balaban J connectivity index is 2.04. The molecule has 0 saturated heterocycles. The van der Waals surface area contributed by atoms with E-state index >= 15 is 0 Å². The normalized spacial score (nSPS) is 18.5. The van der Waals surface area contributed by atoms with Gasteiger partial charge in [-0.15, -0.1) is 0 Å². The first kappa shape index (κ1) is 12.4. The molecule has 0 unspecified atom stereocenters. The summed E-state index contributed by atoms with van der Waals surface area (Å²) in [6.07, 6.45) is 4.40. The number of para-hydroxylation sites is 1. The van der Waals surface area contributed by atoms with E-state index in [1.54, 1.807) is 0 Å².